The van der Waals surface area contributed by atoms with Crippen molar-refractivity contribution in [2.24, 2.45) is 4.99 Å². The fourth-order valence-corrected chi connectivity index (χ4v) is 5.32. The summed E-state index contributed by atoms with van der Waals surface area (Å²) in [6.07, 6.45) is 0. The second-order valence-electron chi connectivity index (χ2n) is 6.63. The van der Waals surface area contributed by atoms with E-state index in [0.29, 0.717) is 45.4 Å². The minimum atomic E-state index is -3.24. The molecule has 1 aliphatic rings. The molecule has 0 saturated carbocycles. The smallest absolute Gasteiger partial charge is 0.215 e. The third kappa shape index (κ3) is 9.16. The molecule has 2 rings (SSSR count). The Morgan fingerprint density at radius 2 is 1.97 bits per heavy atom. The lowest BCUT2D eigenvalue weighted by Crippen LogP contribution is -2.44. The Hall–Kier alpha value is -0.760. The Morgan fingerprint density at radius 1 is 1.23 bits per heavy atom. The number of guanidine groups is 1. The molecule has 1 aromatic rings. The lowest BCUT2D eigenvalue weighted by atomic mass is 10.1. The van der Waals surface area contributed by atoms with Crippen molar-refractivity contribution in [3.63, 3.8) is 0 Å². The van der Waals surface area contributed by atoms with E-state index in [1.807, 2.05) is 25.1 Å². The molecule has 11 heteroatoms. The lowest BCUT2D eigenvalue weighted by molar-refractivity contribution is 0.145. The van der Waals surface area contributed by atoms with Crippen molar-refractivity contribution in [2.75, 3.05) is 64.3 Å². The zero-order chi connectivity index (χ0) is 21.1. The summed E-state index contributed by atoms with van der Waals surface area (Å²) >= 11 is 1.79. The van der Waals surface area contributed by atoms with Gasteiger partial charge < -0.3 is 20.1 Å². The molecular formula is C19H33IN4O4S2. The molecule has 0 bridgehead atoms. The van der Waals surface area contributed by atoms with Crippen molar-refractivity contribution < 1.29 is 17.9 Å². The highest BCUT2D eigenvalue weighted by Gasteiger charge is 2.23. The van der Waals surface area contributed by atoms with Crippen LogP contribution in [0, 0.1) is 6.92 Å². The predicted molar refractivity (Wildman–Crippen MR) is 135 cm³/mol. The maximum Gasteiger partial charge on any atom is 0.215 e. The Kier molecular flexibility index (Phi) is 13.0. The first kappa shape index (κ1) is 27.3. The number of hydrogen-bond acceptors (Lipinski definition) is 6. The molecule has 0 aliphatic carbocycles. The zero-order valence-electron chi connectivity index (χ0n) is 17.8. The van der Waals surface area contributed by atoms with Crippen LogP contribution >= 0.6 is 35.7 Å². The highest BCUT2D eigenvalue weighted by molar-refractivity contribution is 14.0. The van der Waals surface area contributed by atoms with Gasteiger partial charge in [0.15, 0.2) is 5.96 Å². The molecule has 0 atom stereocenters. The normalized spacial score (nSPS) is 15.4. The van der Waals surface area contributed by atoms with E-state index in [1.165, 1.54) is 0 Å². The maximum atomic E-state index is 12.4. The van der Waals surface area contributed by atoms with Crippen LogP contribution in [-0.2, 0) is 21.3 Å². The molecule has 1 aliphatic heterocycles. The predicted octanol–water partition coefficient (Wildman–Crippen LogP) is 1.68. The van der Waals surface area contributed by atoms with Gasteiger partial charge in [0.05, 0.1) is 12.4 Å². The average Bonchev–Trinajstić information content (AvgIpc) is 2.72. The molecule has 1 aromatic carbocycles. The van der Waals surface area contributed by atoms with Gasteiger partial charge in [-0.2, -0.15) is 11.8 Å². The maximum absolute atomic E-state index is 12.4. The molecule has 1 fully saturated rings. The van der Waals surface area contributed by atoms with Crippen LogP contribution in [0.25, 0.3) is 0 Å². The Morgan fingerprint density at radius 3 is 2.63 bits per heavy atom. The molecule has 2 N–H and O–H groups in total. The lowest BCUT2D eigenvalue weighted by Gasteiger charge is -2.25. The Balaban J connectivity index is 0.00000450. The third-order valence-electron chi connectivity index (χ3n) is 4.45. The summed E-state index contributed by atoms with van der Waals surface area (Å²) in [5.41, 5.74) is 2.11. The third-order valence-corrected chi connectivity index (χ3v) is 7.27. The first-order valence-corrected chi connectivity index (χ1v) is 12.4. The van der Waals surface area contributed by atoms with Crippen LogP contribution in [0.2, 0.25) is 0 Å². The first-order valence-electron chi connectivity index (χ1n) is 9.67. The first-order chi connectivity index (χ1) is 14.0. The van der Waals surface area contributed by atoms with E-state index >= 15 is 0 Å². The van der Waals surface area contributed by atoms with Gasteiger partial charge in [-0.05, 0) is 18.6 Å². The summed E-state index contributed by atoms with van der Waals surface area (Å²) in [5.74, 6) is 3.13. The highest BCUT2D eigenvalue weighted by Crippen LogP contribution is 2.20. The van der Waals surface area contributed by atoms with Gasteiger partial charge in [-0.15, -0.1) is 24.0 Å². The summed E-state index contributed by atoms with van der Waals surface area (Å²) in [6.45, 7) is 5.02. The Labute approximate surface area is 201 Å². The van der Waals surface area contributed by atoms with Crippen molar-refractivity contribution >= 4 is 51.7 Å². The van der Waals surface area contributed by atoms with Crippen molar-refractivity contribution in [1.29, 1.82) is 0 Å². The number of nitrogens with one attached hydrogen (secondary N) is 2. The second-order valence-corrected chi connectivity index (χ2v) is 9.95. The standard InChI is InChI=1S/C19H32N4O4S2.HI/c1-16-4-5-17(18(14-16)27-10-9-26-3)15-22-19(20-2)21-6-13-29(24,25)23-7-11-28-12-8-23;/h4-5,14H,6-13,15H2,1-3H3,(H2,20,21,22);1H. The summed E-state index contributed by atoms with van der Waals surface area (Å²) in [5, 5.41) is 6.30. The molecule has 172 valence electrons. The number of thioether (sulfide) groups is 1. The monoisotopic (exact) mass is 572 g/mol. The summed E-state index contributed by atoms with van der Waals surface area (Å²) < 4.78 is 37.3. The molecule has 0 aromatic heterocycles. The van der Waals surface area contributed by atoms with Crippen LogP contribution in [0.15, 0.2) is 23.2 Å². The fourth-order valence-electron chi connectivity index (χ4n) is 2.83. The van der Waals surface area contributed by atoms with Crippen LogP contribution in [0.5, 0.6) is 5.75 Å². The Bertz CT molecular complexity index is 772. The number of aliphatic imine (C=N–C) groups is 1. The number of hydrogen-bond donors (Lipinski definition) is 2. The molecule has 0 radical (unpaired) electrons. The van der Waals surface area contributed by atoms with Gasteiger partial charge in [0.1, 0.15) is 12.4 Å². The molecule has 0 amide bonds. The van der Waals surface area contributed by atoms with Gasteiger partial charge in [-0.1, -0.05) is 12.1 Å². The molecule has 0 unspecified atom stereocenters. The van der Waals surface area contributed by atoms with Crippen LogP contribution in [0.3, 0.4) is 0 Å². The number of sulfonamides is 1. The van der Waals surface area contributed by atoms with Gasteiger partial charge in [0, 0.05) is 57.4 Å². The number of halogens is 1. The van der Waals surface area contributed by atoms with Crippen molar-refractivity contribution in [2.45, 2.75) is 13.5 Å². The number of aryl methyl sites for hydroxylation is 1. The van der Waals surface area contributed by atoms with E-state index in [-0.39, 0.29) is 29.7 Å². The van der Waals surface area contributed by atoms with Crippen LogP contribution in [0.1, 0.15) is 11.1 Å². The summed E-state index contributed by atoms with van der Waals surface area (Å²) in [6, 6.07) is 6.03. The summed E-state index contributed by atoms with van der Waals surface area (Å²) in [7, 11) is 0.0688. The molecular weight excluding hydrogens is 539 g/mol. The second kappa shape index (κ2) is 14.3. The topological polar surface area (TPSA) is 92.3 Å². The van der Waals surface area contributed by atoms with Gasteiger partial charge in [-0.3, -0.25) is 4.99 Å². The average molecular weight is 573 g/mol. The molecule has 0 spiro atoms. The van der Waals surface area contributed by atoms with Crippen molar-refractivity contribution in [3.05, 3.63) is 29.3 Å². The van der Waals surface area contributed by atoms with E-state index in [0.717, 1.165) is 28.4 Å². The van der Waals surface area contributed by atoms with Crippen LogP contribution in [-0.4, -0.2) is 82.9 Å². The van der Waals surface area contributed by atoms with E-state index in [2.05, 4.69) is 15.6 Å². The number of rotatable bonds is 10. The van der Waals surface area contributed by atoms with Crippen molar-refractivity contribution in [3.8, 4) is 5.75 Å². The zero-order valence-corrected chi connectivity index (χ0v) is 21.8. The number of benzene rings is 1. The fraction of sp³-hybridized carbons (Fsp3) is 0.632. The van der Waals surface area contributed by atoms with E-state index < -0.39 is 10.0 Å². The van der Waals surface area contributed by atoms with Crippen molar-refractivity contribution in [1.82, 2.24) is 14.9 Å². The molecule has 1 saturated heterocycles. The van der Waals surface area contributed by atoms with Gasteiger partial charge in [0.2, 0.25) is 10.0 Å². The highest BCUT2D eigenvalue weighted by atomic mass is 127. The number of methoxy groups -OCH3 is 1. The number of nitrogens with zero attached hydrogens (tertiary/aromatic N) is 2. The van der Waals surface area contributed by atoms with Gasteiger partial charge in [0.25, 0.3) is 0 Å². The molecule has 8 nitrogen and oxygen atoms in total. The molecule has 1 heterocycles. The van der Waals surface area contributed by atoms with E-state index in [4.69, 9.17) is 9.47 Å². The SMILES string of the molecule is CN=C(NCCS(=O)(=O)N1CCSCC1)NCc1ccc(C)cc1OCCOC.I. The van der Waals surface area contributed by atoms with E-state index in [1.54, 1.807) is 30.2 Å². The van der Waals surface area contributed by atoms with Gasteiger partial charge >= 0.3 is 0 Å². The molecule has 30 heavy (non-hydrogen) atoms. The van der Waals surface area contributed by atoms with E-state index in [9.17, 15) is 8.42 Å². The minimum absolute atomic E-state index is 0. The minimum Gasteiger partial charge on any atom is -0.491 e. The number of ether oxygens (including phenoxy) is 2. The summed E-state index contributed by atoms with van der Waals surface area (Å²) in [4.78, 5) is 4.18. The quantitative estimate of drug-likeness (QED) is 0.191. The van der Waals surface area contributed by atoms with Crippen LogP contribution in [0.4, 0.5) is 0 Å². The largest absolute Gasteiger partial charge is 0.491 e. The van der Waals surface area contributed by atoms with Gasteiger partial charge in [-0.25, -0.2) is 12.7 Å². The van der Waals surface area contributed by atoms with Crippen LogP contribution < -0.4 is 15.4 Å².